The number of hydrogen-bond donors (Lipinski definition) is 0. The SMILES string of the molecule is C=CC(=O)OCCCCOC(=O)C1CCC(C(=O)Oc2ccc(OC(=O)C3CCC(C(=O)Oc4ccc(OC=O)c(C(=O)OCCC(C)OC)c4)CC3)cc2C(=O)CCCC(C)OC)CC1. The molecule has 2 fully saturated rings. The summed E-state index contributed by atoms with van der Waals surface area (Å²) in [6, 6.07) is 8.27. The van der Waals surface area contributed by atoms with Crippen molar-refractivity contribution in [3.05, 3.63) is 60.2 Å². The topological polar surface area (TPSA) is 220 Å². The molecular weight excluding hydrogens is 861 g/mol. The molecule has 0 radical (unpaired) electrons. The molecule has 0 bridgehead atoms. The highest BCUT2D eigenvalue weighted by atomic mass is 16.6. The van der Waals surface area contributed by atoms with Gasteiger partial charge in [-0.2, -0.15) is 0 Å². The van der Waals surface area contributed by atoms with Crippen LogP contribution in [0.25, 0.3) is 0 Å². The Labute approximate surface area is 385 Å². The van der Waals surface area contributed by atoms with Crippen molar-refractivity contribution in [1.29, 1.82) is 0 Å². The molecule has 4 rings (SSSR count). The third-order valence-electron chi connectivity index (χ3n) is 11.8. The van der Waals surface area contributed by atoms with Crippen LogP contribution in [0.4, 0.5) is 0 Å². The normalized spacial score (nSPS) is 18.9. The molecule has 2 aromatic rings. The molecule has 0 N–H and O–H groups in total. The van der Waals surface area contributed by atoms with Gasteiger partial charge < -0.3 is 42.6 Å². The summed E-state index contributed by atoms with van der Waals surface area (Å²) in [5, 5.41) is 0. The maximum Gasteiger partial charge on any atom is 0.342 e. The maximum atomic E-state index is 13.6. The fourth-order valence-corrected chi connectivity index (χ4v) is 7.53. The van der Waals surface area contributed by atoms with Crippen LogP contribution in [0.1, 0.15) is 124 Å². The highest BCUT2D eigenvalue weighted by molar-refractivity contribution is 6.00. The number of esters is 6. The smallest absolute Gasteiger partial charge is 0.342 e. The number of ether oxygens (including phenoxy) is 9. The van der Waals surface area contributed by atoms with Crippen LogP contribution in [-0.2, 0) is 52.5 Å². The summed E-state index contributed by atoms with van der Waals surface area (Å²) in [6.45, 7) is 7.66. The van der Waals surface area contributed by atoms with Gasteiger partial charge in [-0.3, -0.25) is 28.8 Å². The highest BCUT2D eigenvalue weighted by Gasteiger charge is 2.34. The number of benzene rings is 2. The zero-order valence-corrected chi connectivity index (χ0v) is 38.3. The van der Waals surface area contributed by atoms with E-state index in [4.69, 9.17) is 42.6 Å². The van der Waals surface area contributed by atoms with E-state index in [1.807, 2.05) is 13.8 Å². The molecule has 17 nitrogen and oxygen atoms in total. The van der Waals surface area contributed by atoms with Gasteiger partial charge in [-0.05, 0) is 127 Å². The molecule has 360 valence electrons. The lowest BCUT2D eigenvalue weighted by atomic mass is 9.82. The standard InChI is InChI=1S/C49H62O17/c1-6-44(52)60-25-7-8-26-61-45(53)33-12-14-36(15-13-33)48(56)66-43-23-21-37(28-39(43)41(51)11-9-10-31(2)58-4)64-46(54)34-16-18-35(19-17-34)47(55)65-38-20-22-42(63-30-50)40(29-38)49(57)62-27-24-32(3)59-5/h6,20-23,28-36H,1,7-19,24-27H2,2-5H3. The number of methoxy groups -OCH3 is 2. The number of hydrogen-bond acceptors (Lipinski definition) is 17. The lowest BCUT2D eigenvalue weighted by Crippen LogP contribution is -2.30. The fourth-order valence-electron chi connectivity index (χ4n) is 7.53. The van der Waals surface area contributed by atoms with Gasteiger partial charge in [-0.25, -0.2) is 9.59 Å². The summed E-state index contributed by atoms with van der Waals surface area (Å²) in [6.07, 6.45) is 6.52. The number of carbonyl (C=O) groups is 8. The molecule has 2 aliphatic rings. The summed E-state index contributed by atoms with van der Waals surface area (Å²) in [5.41, 5.74) is -0.0134. The average Bonchev–Trinajstić information content (AvgIpc) is 3.33. The zero-order chi connectivity index (χ0) is 48.0. The van der Waals surface area contributed by atoms with Crippen LogP contribution in [0.5, 0.6) is 23.0 Å². The van der Waals surface area contributed by atoms with Crippen molar-refractivity contribution in [2.75, 3.05) is 34.0 Å². The molecule has 66 heavy (non-hydrogen) atoms. The second-order valence-electron chi connectivity index (χ2n) is 16.5. The Morgan fingerprint density at radius 2 is 1.08 bits per heavy atom. The zero-order valence-electron chi connectivity index (χ0n) is 38.3. The third-order valence-corrected chi connectivity index (χ3v) is 11.8. The Balaban J connectivity index is 1.32. The van der Waals surface area contributed by atoms with Crippen LogP contribution in [0.3, 0.4) is 0 Å². The van der Waals surface area contributed by atoms with Gasteiger partial charge >= 0.3 is 35.8 Å². The van der Waals surface area contributed by atoms with Crippen LogP contribution < -0.4 is 18.9 Å². The quantitative estimate of drug-likeness (QED) is 0.0172. The minimum absolute atomic E-state index is 0.0375. The molecule has 0 spiro atoms. The molecule has 0 aromatic heterocycles. The number of unbranched alkanes of at least 4 members (excludes halogenated alkanes) is 1. The Morgan fingerprint density at radius 3 is 1.61 bits per heavy atom. The van der Waals surface area contributed by atoms with Gasteiger partial charge in [0.05, 0.1) is 61.3 Å². The number of ketones is 1. The van der Waals surface area contributed by atoms with Crippen molar-refractivity contribution < 1.29 is 81.0 Å². The van der Waals surface area contributed by atoms with E-state index < -0.39 is 47.6 Å². The van der Waals surface area contributed by atoms with E-state index in [1.165, 1.54) is 43.5 Å². The van der Waals surface area contributed by atoms with Crippen molar-refractivity contribution in [1.82, 2.24) is 0 Å². The first-order valence-corrected chi connectivity index (χ1v) is 22.5. The minimum Gasteiger partial charge on any atom is -0.465 e. The number of carbonyl (C=O) groups excluding carboxylic acids is 8. The molecule has 2 saturated carbocycles. The Morgan fingerprint density at radius 1 is 0.591 bits per heavy atom. The van der Waals surface area contributed by atoms with E-state index in [9.17, 15) is 38.4 Å². The van der Waals surface area contributed by atoms with E-state index in [1.54, 1.807) is 7.11 Å². The lowest BCUT2D eigenvalue weighted by molar-refractivity contribution is -0.152. The number of rotatable bonds is 26. The summed E-state index contributed by atoms with van der Waals surface area (Å²) < 4.78 is 48.2. The Kier molecular flexibility index (Phi) is 22.0. The first-order valence-electron chi connectivity index (χ1n) is 22.5. The van der Waals surface area contributed by atoms with Crippen LogP contribution in [-0.4, -0.2) is 94.3 Å². The third kappa shape index (κ3) is 16.8. The van der Waals surface area contributed by atoms with E-state index in [-0.39, 0.29) is 96.7 Å². The van der Waals surface area contributed by atoms with E-state index in [0.717, 1.165) is 6.08 Å². The summed E-state index contributed by atoms with van der Waals surface area (Å²) in [4.78, 5) is 101. The predicted octanol–water partition coefficient (Wildman–Crippen LogP) is 7.27. The Bertz CT molecular complexity index is 1990. The predicted molar refractivity (Wildman–Crippen MR) is 235 cm³/mol. The van der Waals surface area contributed by atoms with E-state index in [0.29, 0.717) is 83.5 Å². The van der Waals surface area contributed by atoms with Crippen LogP contribution >= 0.6 is 0 Å². The van der Waals surface area contributed by atoms with Gasteiger partial charge in [-0.1, -0.05) is 6.58 Å². The van der Waals surface area contributed by atoms with Crippen molar-refractivity contribution >= 4 is 48.1 Å². The summed E-state index contributed by atoms with van der Waals surface area (Å²) in [5.74, 6) is -5.43. The molecule has 0 saturated heterocycles. The highest BCUT2D eigenvalue weighted by Crippen LogP contribution is 2.35. The first kappa shape index (κ1) is 52.7. The van der Waals surface area contributed by atoms with Gasteiger partial charge in [0.1, 0.15) is 28.6 Å². The van der Waals surface area contributed by atoms with Gasteiger partial charge in [-0.15, -0.1) is 0 Å². The van der Waals surface area contributed by atoms with E-state index >= 15 is 0 Å². The lowest BCUT2D eigenvalue weighted by Gasteiger charge is -2.26. The second kappa shape index (κ2) is 27.5. The fraction of sp³-hybridized carbons (Fsp3) is 0.551. The molecule has 2 atom stereocenters. The van der Waals surface area contributed by atoms with Gasteiger partial charge in [0.15, 0.2) is 5.78 Å². The molecule has 0 heterocycles. The number of Topliss-reactive ketones (excluding diaryl/α,β-unsaturated/α-hetero) is 1. The van der Waals surface area contributed by atoms with Crippen molar-refractivity contribution in [2.45, 2.75) is 116 Å². The van der Waals surface area contributed by atoms with Crippen molar-refractivity contribution in [3.63, 3.8) is 0 Å². The van der Waals surface area contributed by atoms with Gasteiger partial charge in [0.2, 0.25) is 0 Å². The van der Waals surface area contributed by atoms with Gasteiger partial charge in [0.25, 0.3) is 6.47 Å². The summed E-state index contributed by atoms with van der Waals surface area (Å²) in [7, 11) is 3.12. The molecule has 0 aliphatic heterocycles. The van der Waals surface area contributed by atoms with Crippen molar-refractivity contribution in [3.8, 4) is 23.0 Å². The van der Waals surface area contributed by atoms with Crippen LogP contribution in [0.15, 0.2) is 49.1 Å². The molecule has 17 heteroatoms. The van der Waals surface area contributed by atoms with E-state index in [2.05, 4.69) is 6.58 Å². The van der Waals surface area contributed by atoms with Crippen LogP contribution in [0, 0.1) is 23.7 Å². The molecule has 2 unspecified atom stereocenters. The molecule has 2 aliphatic carbocycles. The molecular formula is C49H62O17. The first-order chi connectivity index (χ1) is 31.8. The largest absolute Gasteiger partial charge is 0.465 e. The average molecular weight is 923 g/mol. The van der Waals surface area contributed by atoms with Gasteiger partial charge in [0, 0.05) is 33.1 Å². The summed E-state index contributed by atoms with van der Waals surface area (Å²) >= 11 is 0. The second-order valence-corrected chi connectivity index (χ2v) is 16.5. The van der Waals surface area contributed by atoms with Crippen LogP contribution in [0.2, 0.25) is 0 Å². The molecule has 2 aromatic carbocycles. The Hall–Kier alpha value is -5.94. The van der Waals surface area contributed by atoms with Crippen molar-refractivity contribution in [2.24, 2.45) is 23.7 Å². The molecule has 0 amide bonds. The monoisotopic (exact) mass is 922 g/mol. The maximum absolute atomic E-state index is 13.6. The minimum atomic E-state index is -0.775.